The van der Waals surface area contributed by atoms with Gasteiger partial charge in [0.25, 0.3) is 5.91 Å². The van der Waals surface area contributed by atoms with Gasteiger partial charge in [-0.1, -0.05) is 25.4 Å². The average Bonchev–Trinajstić information content (AvgIpc) is 2.70. The summed E-state index contributed by atoms with van der Waals surface area (Å²) >= 11 is 6.04. The highest BCUT2D eigenvalue weighted by molar-refractivity contribution is 6.34. The smallest absolute Gasteiger partial charge is 0.252 e. The van der Waals surface area contributed by atoms with E-state index in [4.69, 9.17) is 11.6 Å². The van der Waals surface area contributed by atoms with Crippen molar-refractivity contribution in [2.45, 2.75) is 39.2 Å². The van der Waals surface area contributed by atoms with Crippen molar-refractivity contribution in [1.29, 1.82) is 0 Å². The summed E-state index contributed by atoms with van der Waals surface area (Å²) in [7, 11) is 1.61. The van der Waals surface area contributed by atoms with Gasteiger partial charge in [0.1, 0.15) is 0 Å². The standard InChI is InChI=1S/C15H21ClN2O/c1-15(2)7-6-11(9-15)18-10-4-5-13(16)12(8-10)14(19)17-3/h4-5,8,11,18H,6-7,9H2,1-3H3,(H,17,19). The molecule has 19 heavy (non-hydrogen) atoms. The zero-order valence-corrected chi connectivity index (χ0v) is 12.5. The Bertz CT molecular complexity index is 485. The highest BCUT2D eigenvalue weighted by Gasteiger charge is 2.30. The van der Waals surface area contributed by atoms with E-state index in [-0.39, 0.29) is 5.91 Å². The van der Waals surface area contributed by atoms with Crippen LogP contribution >= 0.6 is 11.6 Å². The van der Waals surface area contributed by atoms with E-state index in [2.05, 4.69) is 24.5 Å². The molecule has 2 N–H and O–H groups in total. The summed E-state index contributed by atoms with van der Waals surface area (Å²) < 4.78 is 0. The fraction of sp³-hybridized carbons (Fsp3) is 0.533. The number of hydrogen-bond donors (Lipinski definition) is 2. The first kappa shape index (κ1) is 14.2. The molecule has 104 valence electrons. The Morgan fingerprint density at radius 2 is 2.16 bits per heavy atom. The quantitative estimate of drug-likeness (QED) is 0.887. The first-order valence-electron chi connectivity index (χ1n) is 6.69. The number of hydrogen-bond acceptors (Lipinski definition) is 2. The third kappa shape index (κ3) is 3.41. The molecule has 1 amide bonds. The molecule has 0 bridgehead atoms. The van der Waals surface area contributed by atoms with E-state index < -0.39 is 0 Å². The lowest BCUT2D eigenvalue weighted by molar-refractivity contribution is 0.0963. The molecule has 0 heterocycles. The van der Waals surface area contributed by atoms with Crippen LogP contribution in [0.1, 0.15) is 43.5 Å². The van der Waals surface area contributed by atoms with Crippen molar-refractivity contribution in [1.82, 2.24) is 5.32 Å². The van der Waals surface area contributed by atoms with E-state index in [1.165, 1.54) is 12.8 Å². The lowest BCUT2D eigenvalue weighted by atomic mass is 9.92. The predicted molar refractivity (Wildman–Crippen MR) is 79.9 cm³/mol. The van der Waals surface area contributed by atoms with E-state index in [0.29, 0.717) is 22.0 Å². The Morgan fingerprint density at radius 1 is 1.42 bits per heavy atom. The van der Waals surface area contributed by atoms with Crippen LogP contribution in [0.5, 0.6) is 0 Å². The van der Waals surface area contributed by atoms with Crippen molar-refractivity contribution in [2.24, 2.45) is 5.41 Å². The molecular weight excluding hydrogens is 260 g/mol. The highest BCUT2D eigenvalue weighted by Crippen LogP contribution is 2.38. The second-order valence-electron chi connectivity index (χ2n) is 6.02. The molecule has 1 aliphatic rings. The van der Waals surface area contributed by atoms with E-state index in [1.54, 1.807) is 13.1 Å². The van der Waals surface area contributed by atoms with Crippen molar-refractivity contribution in [3.63, 3.8) is 0 Å². The van der Waals surface area contributed by atoms with Crippen molar-refractivity contribution >= 4 is 23.2 Å². The molecule has 4 heteroatoms. The SMILES string of the molecule is CNC(=O)c1cc(NC2CCC(C)(C)C2)ccc1Cl. The van der Waals surface area contributed by atoms with Gasteiger partial charge in [0.05, 0.1) is 10.6 Å². The molecule has 0 spiro atoms. The number of benzene rings is 1. The largest absolute Gasteiger partial charge is 0.382 e. The molecule has 3 nitrogen and oxygen atoms in total. The number of rotatable bonds is 3. The van der Waals surface area contributed by atoms with Crippen molar-refractivity contribution < 1.29 is 4.79 Å². The third-order valence-corrected chi connectivity index (χ3v) is 4.11. The number of amides is 1. The maximum atomic E-state index is 11.7. The lowest BCUT2D eigenvalue weighted by Crippen LogP contribution is -2.20. The van der Waals surface area contributed by atoms with Gasteiger partial charge in [0.15, 0.2) is 0 Å². The summed E-state index contributed by atoms with van der Waals surface area (Å²) in [5.74, 6) is -0.152. The molecule has 0 aliphatic heterocycles. The van der Waals surface area contributed by atoms with Crippen LogP contribution in [0.4, 0.5) is 5.69 Å². The molecule has 1 unspecified atom stereocenters. The summed E-state index contributed by atoms with van der Waals surface area (Å²) in [5.41, 5.74) is 1.89. The molecular formula is C15H21ClN2O. The van der Waals surface area contributed by atoms with Gasteiger partial charge in [0, 0.05) is 18.8 Å². The second kappa shape index (κ2) is 5.41. The normalized spacial score (nSPS) is 21.2. The molecule has 1 saturated carbocycles. The summed E-state index contributed by atoms with van der Waals surface area (Å²) in [6, 6.07) is 6.01. The Balaban J connectivity index is 2.12. The minimum atomic E-state index is -0.152. The summed E-state index contributed by atoms with van der Waals surface area (Å²) in [5, 5.41) is 6.59. The molecule has 1 atom stereocenters. The van der Waals surface area contributed by atoms with E-state index in [9.17, 15) is 4.79 Å². The second-order valence-corrected chi connectivity index (χ2v) is 6.43. The highest BCUT2D eigenvalue weighted by atomic mass is 35.5. The molecule has 1 aliphatic carbocycles. The fourth-order valence-electron chi connectivity index (χ4n) is 2.72. The third-order valence-electron chi connectivity index (χ3n) is 3.78. The number of carbonyl (C=O) groups excluding carboxylic acids is 1. The Hall–Kier alpha value is -1.22. The van der Waals surface area contributed by atoms with Crippen LogP contribution < -0.4 is 10.6 Å². The van der Waals surface area contributed by atoms with Crippen LogP contribution in [0.3, 0.4) is 0 Å². The summed E-state index contributed by atoms with van der Waals surface area (Å²) in [6.45, 7) is 4.60. The minimum Gasteiger partial charge on any atom is -0.382 e. The Kier molecular flexibility index (Phi) is 4.04. The number of nitrogens with one attached hydrogen (secondary N) is 2. The Morgan fingerprint density at radius 3 is 2.74 bits per heavy atom. The predicted octanol–water partition coefficient (Wildman–Crippen LogP) is 3.69. The number of anilines is 1. The van der Waals surface area contributed by atoms with E-state index >= 15 is 0 Å². The van der Waals surface area contributed by atoms with Crippen LogP contribution in [-0.2, 0) is 0 Å². The average molecular weight is 281 g/mol. The van der Waals surface area contributed by atoms with Gasteiger partial charge in [-0.15, -0.1) is 0 Å². The minimum absolute atomic E-state index is 0.152. The maximum absolute atomic E-state index is 11.7. The van der Waals surface area contributed by atoms with Gasteiger partial charge in [-0.2, -0.15) is 0 Å². The van der Waals surface area contributed by atoms with Crippen LogP contribution in [0.25, 0.3) is 0 Å². The first-order valence-corrected chi connectivity index (χ1v) is 7.07. The van der Waals surface area contributed by atoms with Gasteiger partial charge in [-0.25, -0.2) is 0 Å². The van der Waals surface area contributed by atoms with Crippen molar-refractivity contribution in [3.05, 3.63) is 28.8 Å². The maximum Gasteiger partial charge on any atom is 0.252 e. The zero-order chi connectivity index (χ0) is 14.0. The molecule has 0 saturated heterocycles. The van der Waals surface area contributed by atoms with Crippen molar-refractivity contribution in [2.75, 3.05) is 12.4 Å². The fourth-order valence-corrected chi connectivity index (χ4v) is 2.92. The number of halogens is 1. The monoisotopic (exact) mass is 280 g/mol. The Labute approximate surface area is 119 Å². The summed E-state index contributed by atoms with van der Waals surface area (Å²) in [4.78, 5) is 11.7. The molecule has 0 aromatic heterocycles. The van der Waals surface area contributed by atoms with Crippen LogP contribution in [-0.4, -0.2) is 19.0 Å². The molecule has 2 rings (SSSR count). The molecule has 0 radical (unpaired) electrons. The lowest BCUT2D eigenvalue weighted by Gasteiger charge is -2.19. The zero-order valence-electron chi connectivity index (χ0n) is 11.7. The van der Waals surface area contributed by atoms with Gasteiger partial charge in [0.2, 0.25) is 0 Å². The number of carbonyl (C=O) groups is 1. The van der Waals surface area contributed by atoms with E-state index in [0.717, 1.165) is 12.1 Å². The van der Waals surface area contributed by atoms with Gasteiger partial charge in [-0.05, 0) is 42.9 Å². The van der Waals surface area contributed by atoms with Gasteiger partial charge >= 0.3 is 0 Å². The van der Waals surface area contributed by atoms with E-state index in [1.807, 2.05) is 12.1 Å². The van der Waals surface area contributed by atoms with Crippen LogP contribution in [0.2, 0.25) is 5.02 Å². The van der Waals surface area contributed by atoms with Crippen molar-refractivity contribution in [3.8, 4) is 0 Å². The van der Waals surface area contributed by atoms with Gasteiger partial charge in [-0.3, -0.25) is 4.79 Å². The van der Waals surface area contributed by atoms with Gasteiger partial charge < -0.3 is 10.6 Å². The molecule has 1 fully saturated rings. The first-order chi connectivity index (χ1) is 8.91. The van der Waals surface area contributed by atoms with Crippen LogP contribution in [0.15, 0.2) is 18.2 Å². The van der Waals surface area contributed by atoms with Crippen LogP contribution in [0, 0.1) is 5.41 Å². The topological polar surface area (TPSA) is 41.1 Å². The summed E-state index contributed by atoms with van der Waals surface area (Å²) in [6.07, 6.45) is 3.57. The molecule has 1 aromatic carbocycles. The molecule has 1 aromatic rings.